The van der Waals surface area contributed by atoms with Crippen molar-refractivity contribution in [1.29, 1.82) is 0 Å². The zero-order chi connectivity index (χ0) is 47.2. The van der Waals surface area contributed by atoms with Crippen molar-refractivity contribution in [2.75, 3.05) is 13.2 Å². The second-order valence-electron chi connectivity index (χ2n) is 18.2. The third-order valence-electron chi connectivity index (χ3n) is 11.8. The van der Waals surface area contributed by atoms with Gasteiger partial charge in [0.2, 0.25) is 0 Å². The zero-order valence-corrected chi connectivity index (χ0v) is 42.7. The average molecular weight is 907 g/mol. The first-order chi connectivity index (χ1) is 32.0. The van der Waals surface area contributed by atoms with Crippen LogP contribution in [-0.4, -0.2) is 37.2 Å². The molecular weight excluding hydrogens is 805 g/mol. The molecule has 0 aromatic carbocycles. The van der Waals surface area contributed by atoms with Gasteiger partial charge in [0.1, 0.15) is 13.2 Å². The van der Waals surface area contributed by atoms with Crippen LogP contribution in [0.1, 0.15) is 265 Å². The molecule has 0 aliphatic carbocycles. The van der Waals surface area contributed by atoms with Crippen LogP contribution in [0.2, 0.25) is 0 Å². The maximum Gasteiger partial charge on any atom is 0.306 e. The molecule has 65 heavy (non-hydrogen) atoms. The molecule has 6 nitrogen and oxygen atoms in total. The average Bonchev–Trinajstić information content (AvgIpc) is 3.30. The number of hydrogen-bond donors (Lipinski definition) is 0. The summed E-state index contributed by atoms with van der Waals surface area (Å²) in [4.78, 5) is 38.0. The van der Waals surface area contributed by atoms with Crippen molar-refractivity contribution in [2.24, 2.45) is 0 Å². The zero-order valence-electron chi connectivity index (χ0n) is 42.7. The summed E-state index contributed by atoms with van der Waals surface area (Å²) in [6, 6.07) is 0. The van der Waals surface area contributed by atoms with E-state index in [4.69, 9.17) is 14.2 Å². The number of hydrogen-bond acceptors (Lipinski definition) is 6. The Labute approximate surface area is 402 Å². The molecule has 0 aliphatic heterocycles. The molecule has 1 unspecified atom stereocenters. The number of rotatable bonds is 49. The largest absolute Gasteiger partial charge is 0.462 e. The van der Waals surface area contributed by atoms with Crippen LogP contribution in [0.5, 0.6) is 0 Å². The first-order valence-electron chi connectivity index (χ1n) is 27.5. The van der Waals surface area contributed by atoms with E-state index in [2.05, 4.69) is 39.0 Å². The molecule has 0 radical (unpaired) electrons. The summed E-state index contributed by atoms with van der Waals surface area (Å²) in [5.41, 5.74) is 0. The van der Waals surface area contributed by atoms with Crippen LogP contribution in [0.15, 0.2) is 72.9 Å². The van der Waals surface area contributed by atoms with E-state index in [1.807, 2.05) is 54.7 Å². The molecule has 0 rings (SSSR count). The Kier molecular flexibility index (Phi) is 50.9. The summed E-state index contributed by atoms with van der Waals surface area (Å²) >= 11 is 0. The summed E-state index contributed by atoms with van der Waals surface area (Å²) in [5.74, 6) is -0.972. The molecule has 0 N–H and O–H groups in total. The number of carbonyl (C=O) groups is 3. The van der Waals surface area contributed by atoms with Crippen molar-refractivity contribution >= 4 is 17.9 Å². The van der Waals surface area contributed by atoms with E-state index in [0.717, 1.165) is 51.4 Å². The predicted octanol–water partition coefficient (Wildman–Crippen LogP) is 18.2. The molecule has 1 atom stereocenters. The fraction of sp³-hybridized carbons (Fsp3) is 0.746. The van der Waals surface area contributed by atoms with E-state index in [0.29, 0.717) is 19.3 Å². The molecule has 374 valence electrons. The molecule has 0 bridgehead atoms. The lowest BCUT2D eigenvalue weighted by Gasteiger charge is -2.18. The fourth-order valence-corrected chi connectivity index (χ4v) is 7.70. The van der Waals surface area contributed by atoms with Gasteiger partial charge < -0.3 is 14.2 Å². The van der Waals surface area contributed by atoms with Gasteiger partial charge in [0.05, 0.1) is 0 Å². The Balaban J connectivity index is 4.40. The molecule has 0 heterocycles. The molecule has 0 fully saturated rings. The summed E-state index contributed by atoms with van der Waals surface area (Å²) in [5, 5.41) is 0. The number of unbranched alkanes of at least 4 members (excludes halogenated alkanes) is 30. The van der Waals surface area contributed by atoms with Crippen LogP contribution in [0.25, 0.3) is 0 Å². The van der Waals surface area contributed by atoms with E-state index < -0.39 is 6.10 Å². The SMILES string of the molecule is CC/C=C/C=C/C=C/C=C/C=C/CCCC(=O)OCC(COC(=O)CCCCCCCCCCCCCCCCCCCCC)OC(=O)CCCCCCCCC/C=C/CCCCCC. The lowest BCUT2D eigenvalue weighted by molar-refractivity contribution is -0.167. The van der Waals surface area contributed by atoms with Crippen LogP contribution >= 0.6 is 0 Å². The molecule has 0 aromatic rings. The third kappa shape index (κ3) is 51.7. The van der Waals surface area contributed by atoms with Gasteiger partial charge in [-0.25, -0.2) is 0 Å². The Morgan fingerprint density at radius 3 is 1.05 bits per heavy atom. The van der Waals surface area contributed by atoms with Crippen LogP contribution in [0, 0.1) is 0 Å². The number of allylic oxidation sites excluding steroid dienone is 12. The summed E-state index contributed by atoms with van der Waals surface area (Å²) in [7, 11) is 0. The number of carbonyl (C=O) groups excluding carboxylic acids is 3. The van der Waals surface area contributed by atoms with E-state index in [1.54, 1.807) is 0 Å². The molecule has 0 saturated heterocycles. The van der Waals surface area contributed by atoms with E-state index >= 15 is 0 Å². The topological polar surface area (TPSA) is 78.9 Å². The van der Waals surface area contributed by atoms with Gasteiger partial charge in [-0.3, -0.25) is 14.4 Å². The van der Waals surface area contributed by atoms with Crippen LogP contribution in [0.3, 0.4) is 0 Å². The van der Waals surface area contributed by atoms with Gasteiger partial charge in [0, 0.05) is 19.3 Å². The maximum atomic E-state index is 12.8. The van der Waals surface area contributed by atoms with Crippen molar-refractivity contribution in [3.05, 3.63) is 72.9 Å². The standard InChI is InChI=1S/C59H102O6/c1-4-7-10-13-16-19-22-25-27-28-29-30-32-34-37-40-43-46-49-52-58(61)64-55-56(54-63-57(60)51-48-45-42-39-36-33-24-21-18-15-12-9-6-3)65-59(62)53-50-47-44-41-38-35-31-26-23-20-17-14-11-8-5-2/h9,12,15,18,20-21,23-24,33,36,39,42,56H,4-8,10-11,13-14,16-17,19,22,25-32,34-35,37-38,40-41,43-55H2,1-3H3/b12-9+,18-15+,23-20+,24-21+,36-33+,42-39+. The van der Waals surface area contributed by atoms with Gasteiger partial charge in [-0.05, 0) is 57.8 Å². The molecule has 0 aromatic heterocycles. The normalized spacial score (nSPS) is 12.6. The smallest absolute Gasteiger partial charge is 0.306 e. The van der Waals surface area contributed by atoms with Crippen molar-refractivity contribution in [1.82, 2.24) is 0 Å². The van der Waals surface area contributed by atoms with Crippen LogP contribution < -0.4 is 0 Å². The number of ether oxygens (including phenoxy) is 3. The van der Waals surface area contributed by atoms with Crippen molar-refractivity contribution in [3.63, 3.8) is 0 Å². The Hall–Kier alpha value is -3.15. The van der Waals surface area contributed by atoms with Crippen molar-refractivity contribution in [3.8, 4) is 0 Å². The van der Waals surface area contributed by atoms with Gasteiger partial charge in [-0.1, -0.05) is 261 Å². The first-order valence-corrected chi connectivity index (χ1v) is 27.5. The second kappa shape index (κ2) is 53.5. The second-order valence-corrected chi connectivity index (χ2v) is 18.2. The summed E-state index contributed by atoms with van der Waals surface area (Å²) < 4.78 is 16.8. The van der Waals surface area contributed by atoms with Crippen LogP contribution in [-0.2, 0) is 28.6 Å². The minimum atomic E-state index is -0.804. The molecule has 0 amide bonds. The van der Waals surface area contributed by atoms with E-state index in [-0.39, 0.29) is 37.5 Å². The highest BCUT2D eigenvalue weighted by Gasteiger charge is 2.19. The van der Waals surface area contributed by atoms with E-state index in [1.165, 1.54) is 167 Å². The van der Waals surface area contributed by atoms with E-state index in [9.17, 15) is 14.4 Å². The Bertz CT molecular complexity index is 1230. The highest BCUT2D eigenvalue weighted by molar-refractivity contribution is 5.71. The van der Waals surface area contributed by atoms with Crippen LogP contribution in [0.4, 0.5) is 0 Å². The summed E-state index contributed by atoms with van der Waals surface area (Å²) in [6.45, 7) is 6.44. The monoisotopic (exact) mass is 907 g/mol. The van der Waals surface area contributed by atoms with Crippen molar-refractivity contribution < 1.29 is 28.6 Å². The van der Waals surface area contributed by atoms with Gasteiger partial charge >= 0.3 is 17.9 Å². The minimum absolute atomic E-state index is 0.0974. The highest BCUT2D eigenvalue weighted by atomic mass is 16.6. The maximum absolute atomic E-state index is 12.8. The molecule has 0 saturated carbocycles. The lowest BCUT2D eigenvalue weighted by Crippen LogP contribution is -2.30. The first kappa shape index (κ1) is 61.9. The minimum Gasteiger partial charge on any atom is -0.462 e. The lowest BCUT2D eigenvalue weighted by atomic mass is 10.0. The third-order valence-corrected chi connectivity index (χ3v) is 11.8. The fourth-order valence-electron chi connectivity index (χ4n) is 7.70. The van der Waals surface area contributed by atoms with Gasteiger partial charge in [-0.2, -0.15) is 0 Å². The molecular formula is C59H102O6. The van der Waals surface area contributed by atoms with Gasteiger partial charge in [0.25, 0.3) is 0 Å². The predicted molar refractivity (Wildman–Crippen MR) is 279 cm³/mol. The van der Waals surface area contributed by atoms with Crippen molar-refractivity contribution in [2.45, 2.75) is 271 Å². The quantitative estimate of drug-likeness (QED) is 0.0199. The molecule has 6 heteroatoms. The molecule has 0 aliphatic rings. The summed E-state index contributed by atoms with van der Waals surface area (Å²) in [6.07, 6.45) is 67.6. The number of esters is 3. The molecule has 0 spiro atoms. The highest BCUT2D eigenvalue weighted by Crippen LogP contribution is 2.16. The Morgan fingerprint density at radius 2 is 0.631 bits per heavy atom. The van der Waals surface area contributed by atoms with Gasteiger partial charge in [-0.15, -0.1) is 0 Å². The van der Waals surface area contributed by atoms with Gasteiger partial charge in [0.15, 0.2) is 6.10 Å². The Morgan fingerprint density at radius 1 is 0.323 bits per heavy atom.